The third kappa shape index (κ3) is 5.35. The molecule has 2 nitrogen and oxygen atoms in total. The van der Waals surface area contributed by atoms with E-state index in [2.05, 4.69) is 30.4 Å². The summed E-state index contributed by atoms with van der Waals surface area (Å²) in [4.78, 5) is 0. The summed E-state index contributed by atoms with van der Waals surface area (Å²) in [7, 11) is 1.76. The highest BCUT2D eigenvalue weighted by Crippen LogP contribution is 2.26. The molecule has 0 aliphatic heterocycles. The number of nitrogens with one attached hydrogen (secondary N) is 1. The van der Waals surface area contributed by atoms with Gasteiger partial charge >= 0.3 is 0 Å². The summed E-state index contributed by atoms with van der Waals surface area (Å²) in [6.07, 6.45) is 10.8. The molecule has 1 saturated carbocycles. The van der Waals surface area contributed by atoms with E-state index >= 15 is 0 Å². The fraction of sp³-hybridized carbons (Fsp3) is 0.684. The van der Waals surface area contributed by atoms with E-state index in [4.69, 9.17) is 4.74 Å². The topological polar surface area (TPSA) is 21.3 Å². The Morgan fingerprint density at radius 3 is 2.81 bits per heavy atom. The van der Waals surface area contributed by atoms with Crippen LogP contribution >= 0.6 is 0 Å². The summed E-state index contributed by atoms with van der Waals surface area (Å²) >= 11 is 0. The zero-order valence-electron chi connectivity index (χ0n) is 13.7. The predicted octanol–water partition coefficient (Wildman–Crippen LogP) is 4.58. The maximum Gasteiger partial charge on any atom is 0.122 e. The van der Waals surface area contributed by atoms with E-state index in [1.807, 2.05) is 6.07 Å². The lowest BCUT2D eigenvalue weighted by Gasteiger charge is -2.17. The molecule has 21 heavy (non-hydrogen) atoms. The van der Waals surface area contributed by atoms with Gasteiger partial charge in [0.15, 0.2) is 0 Å². The molecule has 0 bridgehead atoms. The number of benzene rings is 1. The number of ether oxygens (including phenoxy) is 1. The largest absolute Gasteiger partial charge is 0.496 e. The highest BCUT2D eigenvalue weighted by Gasteiger charge is 2.17. The van der Waals surface area contributed by atoms with Crippen molar-refractivity contribution in [2.75, 3.05) is 13.7 Å². The number of para-hydroxylation sites is 1. The van der Waals surface area contributed by atoms with Crippen LogP contribution < -0.4 is 10.1 Å². The van der Waals surface area contributed by atoms with Gasteiger partial charge in [0, 0.05) is 6.04 Å². The molecule has 2 heteroatoms. The molecular weight excluding hydrogens is 258 g/mol. The summed E-state index contributed by atoms with van der Waals surface area (Å²) in [5.74, 6) is 2.00. The van der Waals surface area contributed by atoms with Gasteiger partial charge in [0.2, 0.25) is 0 Å². The van der Waals surface area contributed by atoms with Crippen molar-refractivity contribution in [3.05, 3.63) is 29.8 Å². The van der Waals surface area contributed by atoms with Gasteiger partial charge in [-0.05, 0) is 49.8 Å². The summed E-state index contributed by atoms with van der Waals surface area (Å²) in [6, 6.07) is 9.08. The molecule has 2 unspecified atom stereocenters. The fourth-order valence-corrected chi connectivity index (χ4v) is 3.60. The van der Waals surface area contributed by atoms with Crippen LogP contribution in [-0.2, 0) is 6.42 Å². The lowest BCUT2D eigenvalue weighted by atomic mass is 9.95. The number of rotatable bonds is 7. The van der Waals surface area contributed by atoms with E-state index in [1.54, 1.807) is 7.11 Å². The molecule has 1 aromatic carbocycles. The Hall–Kier alpha value is -1.02. The lowest BCUT2D eigenvalue weighted by Crippen LogP contribution is -2.30. The van der Waals surface area contributed by atoms with E-state index < -0.39 is 0 Å². The molecule has 118 valence electrons. The van der Waals surface area contributed by atoms with Crippen LogP contribution in [0, 0.1) is 5.92 Å². The quantitative estimate of drug-likeness (QED) is 0.742. The third-order valence-electron chi connectivity index (χ3n) is 4.81. The molecule has 1 aliphatic carbocycles. The van der Waals surface area contributed by atoms with Gasteiger partial charge in [-0.25, -0.2) is 0 Å². The minimum Gasteiger partial charge on any atom is -0.496 e. The molecule has 1 aromatic rings. The van der Waals surface area contributed by atoms with Crippen LogP contribution in [0.15, 0.2) is 24.3 Å². The fourth-order valence-electron chi connectivity index (χ4n) is 3.60. The van der Waals surface area contributed by atoms with Gasteiger partial charge in [-0.2, -0.15) is 0 Å². The van der Waals surface area contributed by atoms with Crippen molar-refractivity contribution in [3.8, 4) is 5.75 Å². The van der Waals surface area contributed by atoms with Crippen LogP contribution in [0.4, 0.5) is 0 Å². The molecule has 0 heterocycles. The molecule has 0 aromatic heterocycles. The second-order valence-electron chi connectivity index (χ2n) is 6.38. The molecule has 1 N–H and O–H groups in total. The first kappa shape index (κ1) is 16.4. The van der Waals surface area contributed by atoms with Crippen LogP contribution in [0.2, 0.25) is 0 Å². The first-order valence-electron chi connectivity index (χ1n) is 8.68. The first-order valence-corrected chi connectivity index (χ1v) is 8.68. The molecule has 1 aliphatic rings. The average molecular weight is 289 g/mol. The summed E-state index contributed by atoms with van der Waals surface area (Å²) in [5.41, 5.74) is 1.31. The Kier molecular flexibility index (Phi) is 7.08. The lowest BCUT2D eigenvalue weighted by molar-refractivity contribution is 0.403. The van der Waals surface area contributed by atoms with E-state index in [0.29, 0.717) is 0 Å². The first-order chi connectivity index (χ1) is 10.3. The molecular formula is C19H31NO. The molecule has 1 fully saturated rings. The highest BCUT2D eigenvalue weighted by atomic mass is 16.5. The van der Waals surface area contributed by atoms with Gasteiger partial charge in [0.1, 0.15) is 5.75 Å². The Morgan fingerprint density at radius 2 is 2.00 bits per heavy atom. The van der Waals surface area contributed by atoms with Gasteiger partial charge in [0.05, 0.1) is 7.11 Å². The zero-order chi connectivity index (χ0) is 14.9. The average Bonchev–Trinajstić information content (AvgIpc) is 2.74. The normalized spacial score (nSPS) is 22.8. The highest BCUT2D eigenvalue weighted by molar-refractivity contribution is 5.33. The molecule has 2 atom stereocenters. The Bertz CT molecular complexity index is 404. The number of methoxy groups -OCH3 is 1. The van der Waals surface area contributed by atoms with Crippen molar-refractivity contribution in [1.29, 1.82) is 0 Å². The molecule has 0 radical (unpaired) electrons. The van der Waals surface area contributed by atoms with Crippen molar-refractivity contribution in [2.45, 2.75) is 64.3 Å². The van der Waals surface area contributed by atoms with Crippen LogP contribution in [0.3, 0.4) is 0 Å². The van der Waals surface area contributed by atoms with Crippen LogP contribution in [0.5, 0.6) is 5.75 Å². The van der Waals surface area contributed by atoms with E-state index in [-0.39, 0.29) is 0 Å². The predicted molar refractivity (Wildman–Crippen MR) is 90.0 cm³/mol. The summed E-state index contributed by atoms with van der Waals surface area (Å²) < 4.78 is 5.42. The Balaban J connectivity index is 1.73. The maximum atomic E-state index is 5.42. The van der Waals surface area contributed by atoms with Gasteiger partial charge in [0.25, 0.3) is 0 Å². The monoisotopic (exact) mass is 289 g/mol. The van der Waals surface area contributed by atoms with Crippen LogP contribution in [0.25, 0.3) is 0 Å². The molecule has 0 saturated heterocycles. The van der Waals surface area contributed by atoms with Crippen molar-refractivity contribution in [2.24, 2.45) is 5.92 Å². The Morgan fingerprint density at radius 1 is 1.14 bits per heavy atom. The summed E-state index contributed by atoms with van der Waals surface area (Å²) in [6.45, 7) is 3.37. The van der Waals surface area contributed by atoms with Crippen molar-refractivity contribution < 1.29 is 4.74 Å². The minimum absolute atomic E-state index is 0.724. The second kappa shape index (κ2) is 9.09. The smallest absolute Gasteiger partial charge is 0.122 e. The molecule has 0 amide bonds. The zero-order valence-corrected chi connectivity index (χ0v) is 13.7. The standard InChI is InChI=1S/C19H31NO/c1-3-7-16-8-6-10-18(13-12-16)20-15-14-17-9-4-5-11-19(17)21-2/h4-5,9,11,16,18,20H,3,6-8,10,12-15H2,1-2H3. The van der Waals surface area contributed by atoms with Gasteiger partial charge in [-0.15, -0.1) is 0 Å². The van der Waals surface area contributed by atoms with Crippen LogP contribution in [0.1, 0.15) is 57.4 Å². The van der Waals surface area contributed by atoms with Crippen molar-refractivity contribution >= 4 is 0 Å². The maximum absolute atomic E-state index is 5.42. The number of hydrogen-bond donors (Lipinski definition) is 1. The Labute approximate surface area is 130 Å². The second-order valence-corrected chi connectivity index (χ2v) is 6.38. The van der Waals surface area contributed by atoms with Crippen LogP contribution in [-0.4, -0.2) is 19.7 Å². The number of hydrogen-bond acceptors (Lipinski definition) is 2. The third-order valence-corrected chi connectivity index (χ3v) is 4.81. The van der Waals surface area contributed by atoms with E-state index in [0.717, 1.165) is 30.7 Å². The SMILES string of the molecule is CCCC1CCCC(NCCc2ccccc2OC)CC1. The van der Waals surface area contributed by atoms with E-state index in [1.165, 1.54) is 50.5 Å². The summed E-state index contributed by atoms with van der Waals surface area (Å²) in [5, 5.41) is 3.77. The molecule has 2 rings (SSSR count). The van der Waals surface area contributed by atoms with Crippen molar-refractivity contribution in [1.82, 2.24) is 5.32 Å². The van der Waals surface area contributed by atoms with Gasteiger partial charge in [-0.3, -0.25) is 0 Å². The van der Waals surface area contributed by atoms with Gasteiger partial charge < -0.3 is 10.1 Å². The van der Waals surface area contributed by atoms with Crippen molar-refractivity contribution in [3.63, 3.8) is 0 Å². The minimum atomic E-state index is 0.724. The van der Waals surface area contributed by atoms with E-state index in [9.17, 15) is 0 Å². The molecule has 0 spiro atoms. The van der Waals surface area contributed by atoms with Gasteiger partial charge in [-0.1, -0.05) is 50.8 Å².